The number of anilines is 2. The van der Waals surface area contributed by atoms with Gasteiger partial charge in [0.15, 0.2) is 11.5 Å². The maximum atomic E-state index is 11.6. The van der Waals surface area contributed by atoms with Crippen LogP contribution in [-0.2, 0) is 4.74 Å². The molecule has 0 spiro atoms. The normalized spacial score (nSPS) is 10.8. The second-order valence-corrected chi connectivity index (χ2v) is 3.84. The van der Waals surface area contributed by atoms with Crippen LogP contribution < -0.4 is 11.5 Å². The Morgan fingerprint density at radius 3 is 2.85 bits per heavy atom. The Labute approximate surface area is 114 Å². The quantitative estimate of drug-likeness (QED) is 0.580. The Bertz CT molecular complexity index is 630. The Balaban J connectivity index is 2.22. The molecule has 0 aliphatic rings. The summed E-state index contributed by atoms with van der Waals surface area (Å²) in [5, 5.41) is 14.1. The molecule has 20 heavy (non-hydrogen) atoms. The number of aromatic nitrogens is 2. The first-order valence-electron chi connectivity index (χ1n) is 5.90. The zero-order valence-corrected chi connectivity index (χ0v) is 10.8. The van der Waals surface area contributed by atoms with Crippen LogP contribution in [0.5, 0.6) is 0 Å². The van der Waals surface area contributed by atoms with Gasteiger partial charge in [0.2, 0.25) is 0 Å². The van der Waals surface area contributed by atoms with Gasteiger partial charge < -0.3 is 16.2 Å². The minimum absolute atomic E-state index is 0.160. The average molecular weight is 274 g/mol. The lowest BCUT2D eigenvalue weighted by Crippen LogP contribution is -2.03. The lowest BCUT2D eigenvalue weighted by atomic mass is 10.2. The number of nitrogens with one attached hydrogen (secondary N) is 1. The van der Waals surface area contributed by atoms with Crippen LogP contribution in [0.25, 0.3) is 0 Å². The maximum absolute atomic E-state index is 11.6. The number of benzene rings is 1. The van der Waals surface area contributed by atoms with Crippen molar-refractivity contribution in [3.05, 3.63) is 29.8 Å². The van der Waals surface area contributed by atoms with Crippen LogP contribution in [-0.4, -0.2) is 22.8 Å². The molecule has 1 heterocycles. The van der Waals surface area contributed by atoms with E-state index in [0.29, 0.717) is 17.9 Å². The van der Waals surface area contributed by atoms with E-state index in [-0.39, 0.29) is 17.3 Å². The number of carbonyl (C=O) groups excluding carboxylic acids is 1. The number of rotatable bonds is 4. The summed E-state index contributed by atoms with van der Waals surface area (Å²) in [5.74, 6) is -0.0208. The molecule has 5 N–H and O–H groups in total. The molecule has 1 aromatic heterocycles. The number of H-pyrrole nitrogens is 1. The number of nitrogens with zero attached hydrogens (tertiary/aromatic N) is 3. The molecule has 0 aliphatic heterocycles. The Hall–Kier alpha value is -2.90. The summed E-state index contributed by atoms with van der Waals surface area (Å²) >= 11 is 0. The predicted molar refractivity (Wildman–Crippen MR) is 74.0 cm³/mol. The molecule has 0 amide bonds. The number of nitrogen functional groups attached to an aromatic ring is 2. The number of azo groups is 1. The molecule has 104 valence electrons. The third-order valence-corrected chi connectivity index (χ3v) is 2.42. The molecule has 0 aliphatic carbocycles. The van der Waals surface area contributed by atoms with Gasteiger partial charge in [-0.25, -0.2) is 4.79 Å². The zero-order valence-electron chi connectivity index (χ0n) is 10.8. The van der Waals surface area contributed by atoms with Crippen molar-refractivity contribution in [2.45, 2.75) is 6.92 Å². The fraction of sp³-hybridized carbons (Fsp3) is 0.167. The van der Waals surface area contributed by atoms with E-state index in [1.54, 1.807) is 31.2 Å². The number of hydrogen-bond acceptors (Lipinski definition) is 7. The van der Waals surface area contributed by atoms with Crippen molar-refractivity contribution in [3.63, 3.8) is 0 Å². The standard InChI is InChI=1S/C12H14N6O2/c1-2-20-12(19)7-4-3-5-8(6-7)15-16-9-10(13)17-18-11(9)14/h3-6H,2H2,1H3,(H5,13,14,17,18). The lowest BCUT2D eigenvalue weighted by molar-refractivity contribution is 0.0526. The molecule has 0 radical (unpaired) electrons. The fourth-order valence-electron chi connectivity index (χ4n) is 1.49. The summed E-state index contributed by atoms with van der Waals surface area (Å²) in [5.41, 5.74) is 12.3. The topological polar surface area (TPSA) is 132 Å². The van der Waals surface area contributed by atoms with Gasteiger partial charge in [-0.15, -0.1) is 5.11 Å². The molecule has 0 saturated heterocycles. The molecular formula is C12H14N6O2. The number of esters is 1. The van der Waals surface area contributed by atoms with E-state index >= 15 is 0 Å². The largest absolute Gasteiger partial charge is 0.462 e. The molecule has 0 fully saturated rings. The third-order valence-electron chi connectivity index (χ3n) is 2.42. The minimum atomic E-state index is -0.410. The van der Waals surface area contributed by atoms with Crippen molar-refractivity contribution in [1.82, 2.24) is 10.2 Å². The highest BCUT2D eigenvalue weighted by atomic mass is 16.5. The van der Waals surface area contributed by atoms with Gasteiger partial charge >= 0.3 is 5.97 Å². The van der Waals surface area contributed by atoms with Gasteiger partial charge in [-0.3, -0.25) is 5.10 Å². The van der Waals surface area contributed by atoms with Crippen LogP contribution in [0.2, 0.25) is 0 Å². The van der Waals surface area contributed by atoms with Crippen LogP contribution in [0, 0.1) is 0 Å². The van der Waals surface area contributed by atoms with E-state index in [1.807, 2.05) is 0 Å². The first-order valence-corrected chi connectivity index (χ1v) is 5.90. The molecule has 0 unspecified atom stereocenters. The molecule has 2 aromatic rings. The monoisotopic (exact) mass is 274 g/mol. The number of nitrogens with two attached hydrogens (primary N) is 2. The molecule has 8 nitrogen and oxygen atoms in total. The molecule has 2 rings (SSSR count). The summed E-state index contributed by atoms with van der Waals surface area (Å²) in [6, 6.07) is 6.58. The van der Waals surface area contributed by atoms with Crippen LogP contribution in [0.3, 0.4) is 0 Å². The maximum Gasteiger partial charge on any atom is 0.338 e. The molecular weight excluding hydrogens is 260 g/mol. The van der Waals surface area contributed by atoms with Gasteiger partial charge in [0.25, 0.3) is 0 Å². The van der Waals surface area contributed by atoms with Crippen molar-refractivity contribution in [3.8, 4) is 0 Å². The molecule has 0 saturated carbocycles. The SMILES string of the molecule is CCOC(=O)c1cccc(N=Nc2c(N)n[nH]c2N)c1. The Morgan fingerprint density at radius 1 is 1.40 bits per heavy atom. The Kier molecular flexibility index (Phi) is 3.94. The lowest BCUT2D eigenvalue weighted by Gasteiger charge is -2.01. The van der Waals surface area contributed by atoms with Gasteiger partial charge in [-0.2, -0.15) is 10.2 Å². The van der Waals surface area contributed by atoms with Crippen molar-refractivity contribution >= 4 is 29.0 Å². The van der Waals surface area contributed by atoms with Gasteiger partial charge in [-0.1, -0.05) is 6.07 Å². The van der Waals surface area contributed by atoms with Gasteiger partial charge in [-0.05, 0) is 25.1 Å². The second kappa shape index (κ2) is 5.83. The smallest absolute Gasteiger partial charge is 0.338 e. The highest BCUT2D eigenvalue weighted by Crippen LogP contribution is 2.28. The fourth-order valence-corrected chi connectivity index (χ4v) is 1.49. The van der Waals surface area contributed by atoms with Gasteiger partial charge in [0.1, 0.15) is 5.82 Å². The van der Waals surface area contributed by atoms with Crippen LogP contribution in [0.4, 0.5) is 23.0 Å². The van der Waals surface area contributed by atoms with Crippen LogP contribution in [0.1, 0.15) is 17.3 Å². The molecule has 8 heteroatoms. The van der Waals surface area contributed by atoms with E-state index < -0.39 is 5.97 Å². The van der Waals surface area contributed by atoms with Crippen molar-refractivity contribution in [1.29, 1.82) is 0 Å². The first kappa shape index (κ1) is 13.5. The predicted octanol–water partition coefficient (Wildman–Crippen LogP) is 2.17. The second-order valence-electron chi connectivity index (χ2n) is 3.84. The molecule has 0 atom stereocenters. The Morgan fingerprint density at radius 2 is 2.20 bits per heavy atom. The van der Waals surface area contributed by atoms with E-state index in [0.717, 1.165) is 0 Å². The third kappa shape index (κ3) is 2.91. The van der Waals surface area contributed by atoms with E-state index in [1.165, 1.54) is 0 Å². The van der Waals surface area contributed by atoms with Gasteiger partial charge in [0, 0.05) is 0 Å². The van der Waals surface area contributed by atoms with Gasteiger partial charge in [0.05, 0.1) is 17.9 Å². The molecule has 1 aromatic carbocycles. The first-order chi connectivity index (χ1) is 9.61. The number of ether oxygens (including phenoxy) is 1. The summed E-state index contributed by atoms with van der Waals surface area (Å²) in [4.78, 5) is 11.6. The van der Waals surface area contributed by atoms with Crippen LogP contribution >= 0.6 is 0 Å². The summed E-state index contributed by atoms with van der Waals surface area (Å²) in [6.07, 6.45) is 0. The van der Waals surface area contributed by atoms with E-state index in [2.05, 4.69) is 20.4 Å². The summed E-state index contributed by atoms with van der Waals surface area (Å²) in [6.45, 7) is 2.05. The number of hydrogen-bond donors (Lipinski definition) is 3. The highest BCUT2D eigenvalue weighted by molar-refractivity contribution is 5.90. The van der Waals surface area contributed by atoms with E-state index in [9.17, 15) is 4.79 Å². The number of carbonyl (C=O) groups is 1. The molecule has 0 bridgehead atoms. The van der Waals surface area contributed by atoms with Crippen molar-refractivity contribution in [2.24, 2.45) is 10.2 Å². The number of aromatic amines is 1. The minimum Gasteiger partial charge on any atom is -0.462 e. The highest BCUT2D eigenvalue weighted by Gasteiger charge is 2.08. The zero-order chi connectivity index (χ0) is 14.5. The average Bonchev–Trinajstić information content (AvgIpc) is 2.76. The van der Waals surface area contributed by atoms with Crippen molar-refractivity contribution in [2.75, 3.05) is 18.1 Å². The van der Waals surface area contributed by atoms with Crippen LogP contribution in [0.15, 0.2) is 34.5 Å². The van der Waals surface area contributed by atoms with E-state index in [4.69, 9.17) is 16.2 Å². The summed E-state index contributed by atoms with van der Waals surface area (Å²) < 4.78 is 4.91. The van der Waals surface area contributed by atoms with Crippen molar-refractivity contribution < 1.29 is 9.53 Å². The summed E-state index contributed by atoms with van der Waals surface area (Å²) in [7, 11) is 0.